The van der Waals surface area contributed by atoms with E-state index in [2.05, 4.69) is 72.0 Å². The number of hydrogen-bond acceptors (Lipinski definition) is 3. The molecule has 2 aliphatic heterocycles. The van der Waals surface area contributed by atoms with E-state index in [-0.39, 0.29) is 6.03 Å². The molecule has 2 saturated heterocycles. The number of amides is 2. The minimum absolute atomic E-state index is 0.00294. The van der Waals surface area contributed by atoms with Gasteiger partial charge >= 0.3 is 6.03 Å². The average molecular weight is 535 g/mol. The number of anilines is 1. The first-order valence-corrected chi connectivity index (χ1v) is 14.8. The summed E-state index contributed by atoms with van der Waals surface area (Å²) >= 11 is 0. The van der Waals surface area contributed by atoms with Crippen molar-refractivity contribution in [2.45, 2.75) is 51.6 Å². The fourth-order valence-corrected chi connectivity index (χ4v) is 6.17. The zero-order chi connectivity index (χ0) is 27.9. The van der Waals surface area contributed by atoms with Crippen LogP contribution in [0.2, 0.25) is 0 Å². The molecular formula is C35H42N4O. The van der Waals surface area contributed by atoms with Crippen LogP contribution >= 0.6 is 0 Å². The molecule has 5 nitrogen and oxygen atoms in total. The Morgan fingerprint density at radius 1 is 0.875 bits per heavy atom. The maximum absolute atomic E-state index is 13.4. The number of rotatable bonds is 6. The highest BCUT2D eigenvalue weighted by atomic mass is 16.2. The van der Waals surface area contributed by atoms with E-state index in [1.54, 1.807) is 0 Å². The number of urea groups is 1. The van der Waals surface area contributed by atoms with Crippen molar-refractivity contribution in [3.8, 4) is 11.8 Å². The minimum Gasteiger partial charge on any atom is -0.323 e. The molecule has 5 rings (SSSR count). The topological polar surface area (TPSA) is 38.8 Å². The van der Waals surface area contributed by atoms with Crippen LogP contribution in [-0.4, -0.2) is 72.1 Å². The summed E-state index contributed by atoms with van der Waals surface area (Å²) < 4.78 is 0. The molecule has 0 saturated carbocycles. The molecule has 1 N–H and O–H groups in total. The lowest BCUT2D eigenvalue weighted by molar-refractivity contribution is -0.0486. The van der Waals surface area contributed by atoms with Crippen LogP contribution in [0, 0.1) is 18.8 Å². The van der Waals surface area contributed by atoms with Crippen LogP contribution in [0.25, 0.3) is 0 Å². The van der Waals surface area contributed by atoms with Gasteiger partial charge in [0, 0.05) is 54.5 Å². The molecule has 3 aromatic carbocycles. The predicted molar refractivity (Wildman–Crippen MR) is 165 cm³/mol. The first-order valence-electron chi connectivity index (χ1n) is 14.8. The third-order valence-electron chi connectivity index (χ3n) is 8.53. The zero-order valence-corrected chi connectivity index (χ0v) is 24.1. The van der Waals surface area contributed by atoms with E-state index in [1.165, 1.54) is 11.1 Å². The van der Waals surface area contributed by atoms with Gasteiger partial charge in [-0.05, 0) is 81.4 Å². The van der Waals surface area contributed by atoms with Crippen LogP contribution in [-0.2, 0) is 0 Å². The van der Waals surface area contributed by atoms with Crippen LogP contribution in [0.5, 0.6) is 0 Å². The summed E-state index contributed by atoms with van der Waals surface area (Å²) in [6, 6.07) is 27.8. The molecule has 208 valence electrons. The number of nitrogens with zero attached hydrogens (tertiary/aromatic N) is 3. The van der Waals surface area contributed by atoms with E-state index in [4.69, 9.17) is 0 Å². The van der Waals surface area contributed by atoms with E-state index in [0.717, 1.165) is 68.9 Å². The van der Waals surface area contributed by atoms with Crippen molar-refractivity contribution < 1.29 is 4.79 Å². The van der Waals surface area contributed by atoms with Gasteiger partial charge < -0.3 is 15.1 Å². The summed E-state index contributed by atoms with van der Waals surface area (Å²) in [5, 5.41) is 3.14. The quantitative estimate of drug-likeness (QED) is 0.383. The number of fused-ring (bicyclic) bond motifs is 1. The van der Waals surface area contributed by atoms with Crippen LogP contribution in [0.4, 0.5) is 10.5 Å². The van der Waals surface area contributed by atoms with E-state index in [1.807, 2.05) is 59.5 Å². The molecule has 2 amide bonds. The lowest BCUT2D eigenvalue weighted by Gasteiger charge is -2.58. The van der Waals surface area contributed by atoms with Crippen molar-refractivity contribution >= 4 is 11.7 Å². The van der Waals surface area contributed by atoms with Crippen molar-refractivity contribution in [1.29, 1.82) is 0 Å². The fourth-order valence-electron chi connectivity index (χ4n) is 6.17. The van der Waals surface area contributed by atoms with Gasteiger partial charge in [-0.25, -0.2) is 4.79 Å². The van der Waals surface area contributed by atoms with Crippen LogP contribution < -0.4 is 5.32 Å². The maximum atomic E-state index is 13.4. The summed E-state index contributed by atoms with van der Waals surface area (Å²) in [6.07, 6.45) is 2.14. The van der Waals surface area contributed by atoms with Gasteiger partial charge in [0.2, 0.25) is 0 Å². The summed E-state index contributed by atoms with van der Waals surface area (Å²) in [6.45, 7) is 12.4. The molecule has 2 heterocycles. The Bertz CT molecular complexity index is 1310. The molecule has 0 bridgehead atoms. The molecular weight excluding hydrogens is 492 g/mol. The Labute approximate surface area is 240 Å². The zero-order valence-electron chi connectivity index (χ0n) is 24.1. The smallest absolute Gasteiger partial charge is 0.321 e. The van der Waals surface area contributed by atoms with Crippen LogP contribution in [0.15, 0.2) is 78.9 Å². The molecule has 0 unspecified atom stereocenters. The molecule has 0 aromatic heterocycles. The van der Waals surface area contributed by atoms with Gasteiger partial charge in [0.15, 0.2) is 0 Å². The summed E-state index contributed by atoms with van der Waals surface area (Å²) in [7, 11) is 0. The molecule has 0 aliphatic carbocycles. The molecule has 3 aromatic rings. The number of likely N-dealkylation sites (N-methyl/N-ethyl adjacent to an activating group) is 1. The van der Waals surface area contributed by atoms with Crippen molar-refractivity contribution in [3.05, 3.63) is 101 Å². The molecule has 5 heteroatoms. The minimum atomic E-state index is 0.00294. The van der Waals surface area contributed by atoms with E-state index >= 15 is 0 Å². The maximum Gasteiger partial charge on any atom is 0.321 e. The second-order valence-corrected chi connectivity index (χ2v) is 11.1. The van der Waals surface area contributed by atoms with Crippen LogP contribution in [0.3, 0.4) is 0 Å². The second-order valence-electron chi connectivity index (χ2n) is 11.1. The monoisotopic (exact) mass is 534 g/mol. The summed E-state index contributed by atoms with van der Waals surface area (Å²) in [5.41, 5.74) is 5.45. The summed E-state index contributed by atoms with van der Waals surface area (Å²) in [5.74, 6) is 6.97. The van der Waals surface area contributed by atoms with Gasteiger partial charge in [0.1, 0.15) is 0 Å². The van der Waals surface area contributed by atoms with Crippen molar-refractivity contribution in [2.24, 2.45) is 0 Å². The van der Waals surface area contributed by atoms with E-state index in [9.17, 15) is 4.79 Å². The Kier molecular flexibility index (Phi) is 9.21. The Morgan fingerprint density at radius 2 is 1.52 bits per heavy atom. The van der Waals surface area contributed by atoms with E-state index < -0.39 is 0 Å². The third kappa shape index (κ3) is 6.58. The Balaban J connectivity index is 1.36. The van der Waals surface area contributed by atoms with Gasteiger partial charge in [-0.15, -0.1) is 0 Å². The molecule has 0 radical (unpaired) electrons. The Hall–Kier alpha value is -3.59. The van der Waals surface area contributed by atoms with Crippen molar-refractivity contribution in [2.75, 3.05) is 44.6 Å². The van der Waals surface area contributed by atoms with Crippen molar-refractivity contribution in [3.63, 3.8) is 0 Å². The number of carbonyl (C=O) groups is 1. The standard InChI is InChI=1S/C35H42N4O/c1-4-37(5-2)25-32-34(30-19-17-29(18-20-30)16-15-28-11-7-6-8-12-28)33-26-38(23-9-10-24-39(32)33)35(40)36-31-21-13-27(3)14-22-31/h6-8,11-14,17-22,32-34H,4-5,9-10,23-26H2,1-3H3,(H,36,40)/t32-,33+,34+/m1/s1. The van der Waals surface area contributed by atoms with Gasteiger partial charge in [0.05, 0.1) is 0 Å². The van der Waals surface area contributed by atoms with Gasteiger partial charge in [-0.1, -0.05) is 73.7 Å². The second kappa shape index (κ2) is 13.2. The predicted octanol–water partition coefficient (Wildman–Crippen LogP) is 6.20. The number of carbonyl (C=O) groups excluding carboxylic acids is 1. The number of hydrogen-bond donors (Lipinski definition) is 1. The normalized spacial score (nSPS) is 20.9. The molecule has 0 spiro atoms. The SMILES string of the molecule is CCN(CC)C[C@@H]1[C@H](c2ccc(C#Cc3ccccc3)cc2)[C@@H]2CN(C(=O)Nc3ccc(C)cc3)CCCCN12. The van der Waals surface area contributed by atoms with Crippen molar-refractivity contribution in [1.82, 2.24) is 14.7 Å². The van der Waals surface area contributed by atoms with Gasteiger partial charge in [-0.3, -0.25) is 4.90 Å². The molecule has 40 heavy (non-hydrogen) atoms. The Morgan fingerprint density at radius 3 is 2.20 bits per heavy atom. The lowest BCUT2D eigenvalue weighted by Crippen LogP contribution is -2.69. The first-order chi connectivity index (χ1) is 19.6. The average Bonchev–Trinajstić information content (AvgIpc) is 2.97. The highest BCUT2D eigenvalue weighted by Crippen LogP contribution is 2.42. The van der Waals surface area contributed by atoms with Crippen LogP contribution in [0.1, 0.15) is 54.9 Å². The molecule has 2 aliphatic rings. The summed E-state index contributed by atoms with van der Waals surface area (Å²) in [4.78, 5) is 20.6. The fraction of sp³-hybridized carbons (Fsp3) is 0.400. The number of nitrogens with one attached hydrogen (secondary N) is 1. The highest BCUT2D eigenvalue weighted by molar-refractivity contribution is 5.89. The molecule has 3 atom stereocenters. The number of aryl methyl sites for hydroxylation is 1. The molecule has 2 fully saturated rings. The van der Waals surface area contributed by atoms with E-state index in [0.29, 0.717) is 18.0 Å². The lowest BCUT2D eigenvalue weighted by atomic mass is 9.73. The first kappa shape index (κ1) is 28.0. The highest BCUT2D eigenvalue weighted by Gasteiger charge is 2.50. The van der Waals surface area contributed by atoms with Gasteiger partial charge in [-0.2, -0.15) is 0 Å². The largest absolute Gasteiger partial charge is 0.323 e. The number of benzene rings is 3. The third-order valence-corrected chi connectivity index (χ3v) is 8.53. The van der Waals surface area contributed by atoms with Gasteiger partial charge in [0.25, 0.3) is 0 Å².